The van der Waals surface area contributed by atoms with Gasteiger partial charge < -0.3 is 14.2 Å². The highest BCUT2D eigenvalue weighted by Crippen LogP contribution is 2.61. The lowest BCUT2D eigenvalue weighted by molar-refractivity contribution is -0.167. The minimum Gasteiger partial charge on any atom is -0.459 e. The smallest absolute Gasteiger partial charge is 0.334 e. The molecule has 0 aromatic rings. The second-order valence-corrected chi connectivity index (χ2v) is 7.20. The van der Waals surface area contributed by atoms with Gasteiger partial charge in [0.1, 0.15) is 24.4 Å². The summed E-state index contributed by atoms with van der Waals surface area (Å²) in [4.78, 5) is 23.3. The Balaban J connectivity index is 1.70. The van der Waals surface area contributed by atoms with Crippen LogP contribution in [0.1, 0.15) is 26.7 Å². The Kier molecular flexibility index (Phi) is 2.69. The lowest BCUT2D eigenvalue weighted by Crippen LogP contribution is -2.55. The van der Waals surface area contributed by atoms with E-state index in [0.717, 1.165) is 12.0 Å². The van der Waals surface area contributed by atoms with Crippen LogP contribution in [0.2, 0.25) is 0 Å². The minimum absolute atomic E-state index is 0.0229. The van der Waals surface area contributed by atoms with E-state index in [9.17, 15) is 9.59 Å². The van der Waals surface area contributed by atoms with Gasteiger partial charge in [-0.3, -0.25) is 4.79 Å². The fourth-order valence-electron chi connectivity index (χ4n) is 4.74. The fraction of sp³-hybridized carbons (Fsp3) is 0.647. The SMILES string of the molecule is C=C1C(=O)OC2CC3(C)C(CC12)C(=C)C1OC1C3OC(C)=O. The van der Waals surface area contributed by atoms with Gasteiger partial charge in [-0.2, -0.15) is 0 Å². The van der Waals surface area contributed by atoms with Crippen molar-refractivity contribution in [3.05, 3.63) is 24.3 Å². The van der Waals surface area contributed by atoms with Crippen molar-refractivity contribution in [3.63, 3.8) is 0 Å². The number of hydrogen-bond donors (Lipinski definition) is 0. The molecule has 5 nitrogen and oxygen atoms in total. The predicted molar refractivity (Wildman–Crippen MR) is 76.7 cm³/mol. The molecule has 0 spiro atoms. The molecule has 0 N–H and O–H groups in total. The van der Waals surface area contributed by atoms with Crippen molar-refractivity contribution in [2.24, 2.45) is 17.3 Å². The van der Waals surface area contributed by atoms with Crippen molar-refractivity contribution >= 4 is 11.9 Å². The molecule has 4 aliphatic rings. The number of epoxide rings is 1. The topological polar surface area (TPSA) is 65.1 Å². The number of ether oxygens (including phenoxy) is 3. The van der Waals surface area contributed by atoms with Gasteiger partial charge in [0.15, 0.2) is 0 Å². The Bertz CT molecular complexity index is 608. The van der Waals surface area contributed by atoms with Crippen molar-refractivity contribution in [1.29, 1.82) is 0 Å². The number of esters is 2. The molecule has 7 atom stereocenters. The first-order chi connectivity index (χ1) is 10.3. The summed E-state index contributed by atoms with van der Waals surface area (Å²) < 4.78 is 16.8. The summed E-state index contributed by atoms with van der Waals surface area (Å²) in [6.45, 7) is 11.6. The van der Waals surface area contributed by atoms with Crippen molar-refractivity contribution in [3.8, 4) is 0 Å². The molecule has 4 fully saturated rings. The monoisotopic (exact) mass is 304 g/mol. The van der Waals surface area contributed by atoms with Gasteiger partial charge >= 0.3 is 11.9 Å². The summed E-state index contributed by atoms with van der Waals surface area (Å²) in [5.41, 5.74) is 1.30. The molecule has 0 radical (unpaired) electrons. The first-order valence-electron chi connectivity index (χ1n) is 7.74. The molecule has 118 valence electrons. The fourth-order valence-corrected chi connectivity index (χ4v) is 4.74. The molecular weight excluding hydrogens is 284 g/mol. The van der Waals surface area contributed by atoms with Gasteiger partial charge in [0.25, 0.3) is 0 Å². The van der Waals surface area contributed by atoms with Crippen molar-refractivity contribution in [1.82, 2.24) is 0 Å². The van der Waals surface area contributed by atoms with E-state index >= 15 is 0 Å². The highest BCUT2D eigenvalue weighted by molar-refractivity contribution is 5.90. The van der Waals surface area contributed by atoms with E-state index in [1.165, 1.54) is 6.92 Å². The predicted octanol–water partition coefficient (Wildman–Crippen LogP) is 1.77. The van der Waals surface area contributed by atoms with Gasteiger partial charge in [0.05, 0.1) is 0 Å². The van der Waals surface area contributed by atoms with E-state index in [2.05, 4.69) is 20.1 Å². The van der Waals surface area contributed by atoms with E-state index < -0.39 is 0 Å². The van der Waals surface area contributed by atoms with Crippen LogP contribution in [0.15, 0.2) is 24.3 Å². The number of hydrogen-bond acceptors (Lipinski definition) is 5. The maximum absolute atomic E-state index is 11.8. The summed E-state index contributed by atoms with van der Waals surface area (Å²) in [7, 11) is 0. The van der Waals surface area contributed by atoms with E-state index in [-0.39, 0.29) is 53.6 Å². The molecule has 7 unspecified atom stereocenters. The average Bonchev–Trinajstić information content (AvgIpc) is 3.17. The first-order valence-corrected chi connectivity index (χ1v) is 7.74. The normalized spacial score (nSPS) is 48.9. The maximum Gasteiger partial charge on any atom is 0.334 e. The van der Waals surface area contributed by atoms with Gasteiger partial charge in [-0.25, -0.2) is 4.79 Å². The second kappa shape index (κ2) is 4.22. The first kappa shape index (κ1) is 14.0. The Morgan fingerprint density at radius 1 is 1.41 bits per heavy atom. The molecule has 0 amide bonds. The Labute approximate surface area is 129 Å². The molecule has 2 aliphatic carbocycles. The Hall–Kier alpha value is -1.62. The van der Waals surface area contributed by atoms with Gasteiger partial charge in [-0.15, -0.1) is 0 Å². The van der Waals surface area contributed by atoms with E-state index in [0.29, 0.717) is 12.0 Å². The lowest BCUT2D eigenvalue weighted by atomic mass is 9.54. The van der Waals surface area contributed by atoms with Crippen molar-refractivity contribution in [2.75, 3.05) is 0 Å². The molecule has 22 heavy (non-hydrogen) atoms. The molecule has 2 saturated carbocycles. The Morgan fingerprint density at radius 2 is 2.14 bits per heavy atom. The number of rotatable bonds is 1. The highest BCUT2D eigenvalue weighted by Gasteiger charge is 2.67. The van der Waals surface area contributed by atoms with Crippen LogP contribution in [0.4, 0.5) is 0 Å². The molecule has 2 aliphatic heterocycles. The van der Waals surface area contributed by atoms with Crippen LogP contribution < -0.4 is 0 Å². The van der Waals surface area contributed by atoms with Crippen LogP contribution >= 0.6 is 0 Å². The van der Waals surface area contributed by atoms with Crippen LogP contribution in [0.5, 0.6) is 0 Å². The van der Waals surface area contributed by atoms with Crippen LogP contribution in [-0.4, -0.2) is 36.4 Å². The molecule has 2 saturated heterocycles. The summed E-state index contributed by atoms with van der Waals surface area (Å²) in [6, 6.07) is 0. The number of carbonyl (C=O) groups excluding carboxylic acids is 2. The molecule has 0 aromatic heterocycles. The van der Waals surface area contributed by atoms with E-state index in [4.69, 9.17) is 14.2 Å². The summed E-state index contributed by atoms with van der Waals surface area (Å²) in [5.74, 6) is -0.418. The average molecular weight is 304 g/mol. The third-order valence-corrected chi connectivity index (χ3v) is 5.92. The summed E-state index contributed by atoms with van der Waals surface area (Å²) in [5, 5.41) is 0. The zero-order valence-corrected chi connectivity index (χ0v) is 12.8. The third kappa shape index (κ3) is 1.69. The zero-order chi connectivity index (χ0) is 15.8. The molecule has 0 bridgehead atoms. The molecule has 4 rings (SSSR count). The number of fused-ring (bicyclic) bond motifs is 3. The second-order valence-electron chi connectivity index (χ2n) is 7.20. The Morgan fingerprint density at radius 3 is 2.82 bits per heavy atom. The highest BCUT2D eigenvalue weighted by atomic mass is 16.6. The van der Waals surface area contributed by atoms with Crippen molar-refractivity contribution < 1.29 is 23.8 Å². The zero-order valence-electron chi connectivity index (χ0n) is 12.8. The summed E-state index contributed by atoms with van der Waals surface area (Å²) >= 11 is 0. The maximum atomic E-state index is 11.8. The van der Waals surface area contributed by atoms with Crippen LogP contribution in [0.25, 0.3) is 0 Å². The minimum atomic E-state index is -0.313. The van der Waals surface area contributed by atoms with Crippen LogP contribution in [0.3, 0.4) is 0 Å². The largest absolute Gasteiger partial charge is 0.459 e. The van der Waals surface area contributed by atoms with Gasteiger partial charge in [-0.05, 0) is 24.3 Å². The molecule has 2 heterocycles. The van der Waals surface area contributed by atoms with E-state index in [1.54, 1.807) is 0 Å². The van der Waals surface area contributed by atoms with Crippen LogP contribution in [0, 0.1) is 17.3 Å². The van der Waals surface area contributed by atoms with Crippen molar-refractivity contribution in [2.45, 2.75) is 51.1 Å². The molecule has 0 aromatic carbocycles. The van der Waals surface area contributed by atoms with E-state index in [1.807, 2.05) is 0 Å². The number of carbonyl (C=O) groups is 2. The van der Waals surface area contributed by atoms with Gasteiger partial charge in [0, 0.05) is 23.8 Å². The lowest BCUT2D eigenvalue weighted by Gasteiger charge is -2.51. The standard InChI is InChI=1S/C17H20O5/c1-7-10-5-11-8(2)13-14(22-13)15(20-9(3)18)17(11,4)6-12(10)21-16(7)19/h10-15H,1-2,5-6H2,3-4H3. The van der Waals surface area contributed by atoms with Gasteiger partial charge in [0.2, 0.25) is 0 Å². The summed E-state index contributed by atoms with van der Waals surface area (Å²) in [6.07, 6.45) is 0.798. The van der Waals surface area contributed by atoms with Crippen LogP contribution in [-0.2, 0) is 23.8 Å². The quantitative estimate of drug-likeness (QED) is 0.320. The molecular formula is C17H20O5. The van der Waals surface area contributed by atoms with Gasteiger partial charge in [-0.1, -0.05) is 20.1 Å². The third-order valence-electron chi connectivity index (χ3n) is 5.92. The molecule has 5 heteroatoms.